The average molecular weight is 311 g/mol. The number of benzene rings is 1. The highest BCUT2D eigenvalue weighted by Crippen LogP contribution is 2.31. The minimum Gasteiger partial charge on any atom is -0.481 e. The number of nitrogens with one attached hydrogen (secondary N) is 1. The van der Waals surface area contributed by atoms with E-state index in [9.17, 15) is 0 Å². The van der Waals surface area contributed by atoms with Gasteiger partial charge in [0.15, 0.2) is 0 Å². The third kappa shape index (κ3) is 3.23. The van der Waals surface area contributed by atoms with Crippen molar-refractivity contribution in [2.24, 2.45) is 0 Å². The molecule has 0 aliphatic carbocycles. The molecule has 20 heavy (non-hydrogen) atoms. The molecule has 106 valence electrons. The molecule has 0 saturated carbocycles. The van der Waals surface area contributed by atoms with Crippen LogP contribution in [0.5, 0.6) is 5.88 Å². The Kier molecular flexibility index (Phi) is 5.24. The molecule has 0 amide bonds. The first-order valence-corrected chi connectivity index (χ1v) is 7.10. The molecule has 1 aromatic carbocycles. The van der Waals surface area contributed by atoms with Crippen LogP contribution in [0.15, 0.2) is 36.5 Å². The van der Waals surface area contributed by atoms with Crippen LogP contribution in [0.1, 0.15) is 24.1 Å². The Balaban J connectivity index is 2.47. The number of halogens is 2. The van der Waals surface area contributed by atoms with Crippen LogP contribution >= 0.6 is 23.2 Å². The summed E-state index contributed by atoms with van der Waals surface area (Å²) in [6.45, 7) is 2.86. The average Bonchev–Trinajstić information content (AvgIpc) is 2.48. The maximum atomic E-state index is 6.11. The Labute approximate surface area is 128 Å². The highest BCUT2D eigenvalue weighted by Gasteiger charge is 2.18. The van der Waals surface area contributed by atoms with Gasteiger partial charge in [-0.1, -0.05) is 42.3 Å². The van der Waals surface area contributed by atoms with Crippen molar-refractivity contribution in [2.75, 3.05) is 13.7 Å². The van der Waals surface area contributed by atoms with Gasteiger partial charge in [-0.25, -0.2) is 4.98 Å². The van der Waals surface area contributed by atoms with Crippen LogP contribution in [0.25, 0.3) is 0 Å². The summed E-state index contributed by atoms with van der Waals surface area (Å²) in [5.74, 6) is 0.601. The maximum Gasteiger partial charge on any atom is 0.218 e. The molecule has 0 fully saturated rings. The molecule has 1 N–H and O–H groups in total. The van der Waals surface area contributed by atoms with Gasteiger partial charge in [-0.3, -0.25) is 0 Å². The van der Waals surface area contributed by atoms with Crippen LogP contribution in [-0.4, -0.2) is 18.6 Å². The van der Waals surface area contributed by atoms with E-state index in [0.717, 1.165) is 17.7 Å². The molecule has 5 heteroatoms. The van der Waals surface area contributed by atoms with Gasteiger partial charge in [0.1, 0.15) is 0 Å². The molecule has 1 unspecified atom stereocenters. The van der Waals surface area contributed by atoms with Gasteiger partial charge in [0, 0.05) is 11.8 Å². The standard InChI is InChI=1S/C15H16Cl2N2O/c1-3-18-14(10-6-7-12(16)13(17)9-10)11-5-4-8-19-15(11)20-2/h4-9,14,18H,3H2,1-2H3. The Morgan fingerprint density at radius 2 is 2.05 bits per heavy atom. The first-order chi connectivity index (χ1) is 9.67. The molecular formula is C15H16Cl2N2O. The van der Waals surface area contributed by atoms with Crippen molar-refractivity contribution in [3.8, 4) is 5.88 Å². The van der Waals surface area contributed by atoms with Crippen LogP contribution in [0.3, 0.4) is 0 Å². The zero-order valence-corrected chi connectivity index (χ0v) is 12.9. The van der Waals surface area contributed by atoms with Crippen LogP contribution < -0.4 is 10.1 Å². The predicted octanol–water partition coefficient (Wildman–Crippen LogP) is 4.10. The van der Waals surface area contributed by atoms with Gasteiger partial charge in [-0.2, -0.15) is 0 Å². The van der Waals surface area contributed by atoms with E-state index >= 15 is 0 Å². The number of rotatable bonds is 5. The summed E-state index contributed by atoms with van der Waals surface area (Å²) in [7, 11) is 1.61. The number of ether oxygens (including phenoxy) is 1. The maximum absolute atomic E-state index is 6.11. The van der Waals surface area contributed by atoms with Crippen molar-refractivity contribution in [3.63, 3.8) is 0 Å². The summed E-state index contributed by atoms with van der Waals surface area (Å²) in [4.78, 5) is 4.24. The second-order valence-corrected chi connectivity index (χ2v) is 5.08. The van der Waals surface area contributed by atoms with E-state index in [1.807, 2.05) is 31.2 Å². The lowest BCUT2D eigenvalue weighted by atomic mass is 9.99. The topological polar surface area (TPSA) is 34.2 Å². The fourth-order valence-corrected chi connectivity index (χ4v) is 2.40. The third-order valence-corrected chi connectivity index (χ3v) is 3.73. The summed E-state index contributed by atoms with van der Waals surface area (Å²) >= 11 is 12.1. The van der Waals surface area contributed by atoms with Gasteiger partial charge in [-0.15, -0.1) is 0 Å². The van der Waals surface area contributed by atoms with E-state index in [0.29, 0.717) is 15.9 Å². The summed E-state index contributed by atoms with van der Waals surface area (Å²) in [5, 5.41) is 4.50. The smallest absolute Gasteiger partial charge is 0.218 e. The Bertz CT molecular complexity index is 590. The van der Waals surface area contributed by atoms with E-state index in [2.05, 4.69) is 10.3 Å². The molecule has 0 saturated heterocycles. The van der Waals surface area contributed by atoms with Crippen molar-refractivity contribution in [1.29, 1.82) is 0 Å². The fraction of sp³-hybridized carbons (Fsp3) is 0.267. The molecule has 0 aliphatic rings. The van der Waals surface area contributed by atoms with Crippen molar-refractivity contribution >= 4 is 23.2 Å². The molecule has 0 bridgehead atoms. The summed E-state index contributed by atoms with van der Waals surface area (Å²) in [5.41, 5.74) is 1.99. The largest absolute Gasteiger partial charge is 0.481 e. The van der Waals surface area contributed by atoms with Crippen molar-refractivity contribution in [1.82, 2.24) is 10.3 Å². The molecule has 2 aromatic rings. The van der Waals surface area contributed by atoms with Gasteiger partial charge in [-0.05, 0) is 30.3 Å². The Morgan fingerprint density at radius 1 is 1.25 bits per heavy atom. The normalized spacial score (nSPS) is 12.2. The number of aromatic nitrogens is 1. The monoisotopic (exact) mass is 310 g/mol. The minimum atomic E-state index is -0.0431. The number of hydrogen-bond donors (Lipinski definition) is 1. The molecular weight excluding hydrogens is 295 g/mol. The first kappa shape index (κ1) is 15.1. The van der Waals surface area contributed by atoms with E-state index in [4.69, 9.17) is 27.9 Å². The lowest BCUT2D eigenvalue weighted by Crippen LogP contribution is -2.22. The van der Waals surface area contributed by atoms with Gasteiger partial charge in [0.2, 0.25) is 5.88 Å². The van der Waals surface area contributed by atoms with E-state index in [-0.39, 0.29) is 6.04 Å². The van der Waals surface area contributed by atoms with E-state index in [1.165, 1.54) is 0 Å². The zero-order chi connectivity index (χ0) is 14.5. The lowest BCUT2D eigenvalue weighted by Gasteiger charge is -2.20. The van der Waals surface area contributed by atoms with Crippen LogP contribution in [0, 0.1) is 0 Å². The molecule has 0 aliphatic heterocycles. The van der Waals surface area contributed by atoms with Gasteiger partial charge >= 0.3 is 0 Å². The first-order valence-electron chi connectivity index (χ1n) is 6.34. The van der Waals surface area contributed by atoms with E-state index in [1.54, 1.807) is 19.4 Å². The van der Waals surface area contributed by atoms with Crippen molar-refractivity contribution in [2.45, 2.75) is 13.0 Å². The molecule has 1 aromatic heterocycles. The second kappa shape index (κ2) is 6.93. The van der Waals surface area contributed by atoms with E-state index < -0.39 is 0 Å². The fourth-order valence-electron chi connectivity index (χ4n) is 2.10. The number of methoxy groups -OCH3 is 1. The number of pyridine rings is 1. The van der Waals surface area contributed by atoms with Crippen molar-refractivity contribution in [3.05, 3.63) is 57.7 Å². The SMILES string of the molecule is CCNC(c1ccc(Cl)c(Cl)c1)c1cccnc1OC. The van der Waals surface area contributed by atoms with Crippen LogP contribution in [0.2, 0.25) is 10.0 Å². The predicted molar refractivity (Wildman–Crippen MR) is 82.8 cm³/mol. The summed E-state index contributed by atoms with van der Waals surface area (Å²) < 4.78 is 5.34. The molecule has 3 nitrogen and oxygen atoms in total. The second-order valence-electron chi connectivity index (χ2n) is 4.27. The molecule has 2 rings (SSSR count). The van der Waals surface area contributed by atoms with Gasteiger partial charge in [0.05, 0.1) is 23.2 Å². The Hall–Kier alpha value is -1.29. The van der Waals surface area contributed by atoms with Crippen molar-refractivity contribution < 1.29 is 4.74 Å². The number of hydrogen-bond acceptors (Lipinski definition) is 3. The number of nitrogens with zero attached hydrogens (tertiary/aromatic N) is 1. The molecule has 1 atom stereocenters. The highest BCUT2D eigenvalue weighted by molar-refractivity contribution is 6.42. The summed E-state index contributed by atoms with van der Waals surface area (Å²) in [6.07, 6.45) is 1.71. The molecule has 0 radical (unpaired) electrons. The van der Waals surface area contributed by atoms with Crippen LogP contribution in [-0.2, 0) is 0 Å². The molecule has 0 spiro atoms. The summed E-state index contributed by atoms with van der Waals surface area (Å²) in [6, 6.07) is 9.45. The highest BCUT2D eigenvalue weighted by atomic mass is 35.5. The lowest BCUT2D eigenvalue weighted by molar-refractivity contribution is 0.387. The quantitative estimate of drug-likeness (QED) is 0.903. The zero-order valence-electron chi connectivity index (χ0n) is 11.4. The third-order valence-electron chi connectivity index (χ3n) is 2.99. The van der Waals surface area contributed by atoms with Gasteiger partial charge < -0.3 is 10.1 Å². The Morgan fingerprint density at radius 3 is 2.70 bits per heavy atom. The molecule has 1 heterocycles. The van der Waals surface area contributed by atoms with Crippen LogP contribution in [0.4, 0.5) is 0 Å². The van der Waals surface area contributed by atoms with Gasteiger partial charge in [0.25, 0.3) is 0 Å². The minimum absolute atomic E-state index is 0.0431.